The molecule has 0 bridgehead atoms. The van der Waals surface area contributed by atoms with E-state index in [1.807, 2.05) is 18.4 Å². The third kappa shape index (κ3) is 4.62. The average molecular weight is 446 g/mol. The van der Waals surface area contributed by atoms with Crippen molar-refractivity contribution in [1.82, 2.24) is 15.1 Å². The van der Waals surface area contributed by atoms with Gasteiger partial charge in [-0.3, -0.25) is 9.69 Å². The van der Waals surface area contributed by atoms with E-state index in [-0.39, 0.29) is 0 Å². The van der Waals surface area contributed by atoms with E-state index in [1.54, 1.807) is 23.5 Å². The van der Waals surface area contributed by atoms with Crippen molar-refractivity contribution in [3.8, 4) is 21.1 Å². The minimum absolute atomic E-state index is 0.545. The summed E-state index contributed by atoms with van der Waals surface area (Å²) in [5, 5.41) is 10.5. The zero-order valence-electron chi connectivity index (χ0n) is 18.5. The molecule has 2 fully saturated rings. The first-order valence-corrected chi connectivity index (χ1v) is 12.4. The number of benzene rings is 2. The second-order valence-electron chi connectivity index (χ2n) is 9.08. The van der Waals surface area contributed by atoms with Crippen LogP contribution in [0.5, 0.6) is 0 Å². The quantitative estimate of drug-likeness (QED) is 0.551. The van der Waals surface area contributed by atoms with E-state index >= 15 is 0 Å². The van der Waals surface area contributed by atoms with Gasteiger partial charge in [-0.1, -0.05) is 42.5 Å². The molecule has 0 amide bonds. The first-order valence-electron chi connectivity index (χ1n) is 11.6. The predicted octanol–water partition coefficient (Wildman–Crippen LogP) is 5.03. The van der Waals surface area contributed by atoms with Crippen LogP contribution in [0.4, 0.5) is 5.69 Å². The third-order valence-corrected chi connectivity index (χ3v) is 7.99. The Balaban J connectivity index is 1.20. The number of nitrogens with zero attached hydrogens (tertiary/aromatic N) is 4. The van der Waals surface area contributed by atoms with Crippen LogP contribution in [0.3, 0.4) is 0 Å². The molecular weight excluding hydrogens is 416 g/mol. The fraction of sp³-hybridized carbons (Fsp3) is 0.423. The fourth-order valence-corrected chi connectivity index (χ4v) is 5.76. The fourth-order valence-electron chi connectivity index (χ4n) is 4.91. The van der Waals surface area contributed by atoms with Gasteiger partial charge in [-0.15, -0.1) is 10.2 Å². The summed E-state index contributed by atoms with van der Waals surface area (Å²) in [6, 6.07) is 16.8. The van der Waals surface area contributed by atoms with Gasteiger partial charge in [0, 0.05) is 54.6 Å². The summed E-state index contributed by atoms with van der Waals surface area (Å²) in [5.41, 5.74) is 3.89. The maximum Gasteiger partial charge on any atom is 0.233 e. The SMILES string of the molecule is CC1CCC(N2CCN(c3ccc(-c4nnc(-c5ccc([C]=O)cc5)s4)cc3)CC2)CC1. The number of carbonyl (C=O) groups excluding carboxylic acids is 1. The molecule has 165 valence electrons. The van der Waals surface area contributed by atoms with Gasteiger partial charge in [0.1, 0.15) is 10.0 Å². The molecule has 6 heteroatoms. The number of piperazine rings is 1. The van der Waals surface area contributed by atoms with Crippen molar-refractivity contribution in [2.24, 2.45) is 5.92 Å². The lowest BCUT2D eigenvalue weighted by Gasteiger charge is -2.42. The molecule has 1 aliphatic heterocycles. The van der Waals surface area contributed by atoms with E-state index in [4.69, 9.17) is 0 Å². The average Bonchev–Trinajstić information content (AvgIpc) is 3.35. The second-order valence-corrected chi connectivity index (χ2v) is 10.1. The number of anilines is 1. The molecule has 2 aromatic carbocycles. The maximum atomic E-state index is 10.7. The van der Waals surface area contributed by atoms with Crippen LogP contribution >= 0.6 is 11.3 Å². The molecule has 5 rings (SSSR count). The zero-order valence-corrected chi connectivity index (χ0v) is 19.4. The molecule has 0 N–H and O–H groups in total. The summed E-state index contributed by atoms with van der Waals surface area (Å²) >= 11 is 1.57. The Labute approximate surface area is 194 Å². The summed E-state index contributed by atoms with van der Waals surface area (Å²) in [6.07, 6.45) is 7.43. The van der Waals surface area contributed by atoms with E-state index in [2.05, 4.69) is 51.2 Å². The molecule has 1 aromatic heterocycles. The molecular formula is C26H29N4OS. The lowest BCUT2D eigenvalue weighted by Crippen LogP contribution is -2.51. The monoisotopic (exact) mass is 445 g/mol. The molecule has 3 aromatic rings. The van der Waals surface area contributed by atoms with Crippen molar-refractivity contribution in [3.05, 3.63) is 54.1 Å². The first kappa shape index (κ1) is 21.3. The molecule has 2 aliphatic rings. The molecule has 0 unspecified atom stereocenters. The Morgan fingerprint density at radius 2 is 1.38 bits per heavy atom. The van der Waals surface area contributed by atoms with Gasteiger partial charge in [0.25, 0.3) is 0 Å². The molecule has 1 saturated heterocycles. The molecule has 2 heterocycles. The van der Waals surface area contributed by atoms with Crippen LogP contribution in [-0.4, -0.2) is 53.6 Å². The summed E-state index contributed by atoms with van der Waals surface area (Å²) in [7, 11) is 0. The van der Waals surface area contributed by atoms with Gasteiger partial charge < -0.3 is 4.90 Å². The van der Waals surface area contributed by atoms with E-state index in [0.717, 1.165) is 46.2 Å². The molecule has 1 saturated carbocycles. The van der Waals surface area contributed by atoms with Crippen molar-refractivity contribution in [1.29, 1.82) is 0 Å². The van der Waals surface area contributed by atoms with E-state index in [1.165, 1.54) is 44.5 Å². The summed E-state index contributed by atoms with van der Waals surface area (Å²) in [6.45, 7) is 6.93. The largest absolute Gasteiger partial charge is 0.369 e. The Hall–Kier alpha value is -2.57. The van der Waals surface area contributed by atoms with E-state index in [9.17, 15) is 4.79 Å². The number of aromatic nitrogens is 2. The van der Waals surface area contributed by atoms with Gasteiger partial charge in [0.2, 0.25) is 6.29 Å². The number of hydrogen-bond acceptors (Lipinski definition) is 6. The van der Waals surface area contributed by atoms with Gasteiger partial charge in [0.15, 0.2) is 0 Å². The lowest BCUT2D eigenvalue weighted by molar-refractivity contribution is 0.133. The highest BCUT2D eigenvalue weighted by molar-refractivity contribution is 7.17. The lowest BCUT2D eigenvalue weighted by atomic mass is 9.86. The Kier molecular flexibility index (Phi) is 6.32. The number of hydrogen-bond donors (Lipinski definition) is 0. The zero-order chi connectivity index (χ0) is 21.9. The summed E-state index contributed by atoms with van der Waals surface area (Å²) in [5.74, 6) is 0.914. The van der Waals surface area contributed by atoms with Crippen LogP contribution in [0.25, 0.3) is 21.1 Å². The highest BCUT2D eigenvalue weighted by Gasteiger charge is 2.27. The van der Waals surface area contributed by atoms with Crippen molar-refractivity contribution in [2.75, 3.05) is 31.1 Å². The molecule has 32 heavy (non-hydrogen) atoms. The van der Waals surface area contributed by atoms with Gasteiger partial charge in [-0.25, -0.2) is 0 Å². The van der Waals surface area contributed by atoms with E-state index < -0.39 is 0 Å². The van der Waals surface area contributed by atoms with Crippen molar-refractivity contribution in [2.45, 2.75) is 38.6 Å². The smallest absolute Gasteiger partial charge is 0.233 e. The van der Waals surface area contributed by atoms with Gasteiger partial charge in [-0.2, -0.15) is 0 Å². The van der Waals surface area contributed by atoms with Crippen LogP contribution in [-0.2, 0) is 4.79 Å². The van der Waals surface area contributed by atoms with Crippen LogP contribution in [0.15, 0.2) is 48.5 Å². The number of rotatable bonds is 5. The standard InChI is InChI=1S/C26H29N4OS/c1-19-2-10-23(11-3-19)29-14-16-30(17-15-29)24-12-8-22(9-13-24)26-28-27-25(32-26)21-6-4-20(18-31)5-7-21/h4-9,12-13,19,23H,2-3,10-11,14-17H2,1H3. The molecule has 0 atom stereocenters. The highest BCUT2D eigenvalue weighted by atomic mass is 32.1. The molecule has 1 radical (unpaired) electrons. The Bertz CT molecular complexity index is 1030. The van der Waals surface area contributed by atoms with Gasteiger partial charge >= 0.3 is 0 Å². The summed E-state index contributed by atoms with van der Waals surface area (Å²) in [4.78, 5) is 16.0. The van der Waals surface area contributed by atoms with E-state index in [0.29, 0.717) is 5.56 Å². The van der Waals surface area contributed by atoms with Crippen LogP contribution in [0.1, 0.15) is 38.2 Å². The molecule has 1 aliphatic carbocycles. The van der Waals surface area contributed by atoms with Crippen LogP contribution in [0, 0.1) is 5.92 Å². The molecule has 0 spiro atoms. The summed E-state index contributed by atoms with van der Waals surface area (Å²) < 4.78 is 0. The highest BCUT2D eigenvalue weighted by Crippen LogP contribution is 2.32. The molecule has 5 nitrogen and oxygen atoms in total. The van der Waals surface area contributed by atoms with Gasteiger partial charge in [0.05, 0.1) is 0 Å². The third-order valence-electron chi connectivity index (χ3n) is 6.97. The second kappa shape index (κ2) is 9.51. The maximum absolute atomic E-state index is 10.7. The normalized spacial score (nSPS) is 22.1. The van der Waals surface area contributed by atoms with Crippen LogP contribution < -0.4 is 4.90 Å². The first-order chi connectivity index (χ1) is 15.7. The topological polar surface area (TPSA) is 49.3 Å². The minimum atomic E-state index is 0.545. The van der Waals surface area contributed by atoms with Crippen LogP contribution in [0.2, 0.25) is 0 Å². The Morgan fingerprint density at radius 1 is 0.812 bits per heavy atom. The minimum Gasteiger partial charge on any atom is -0.369 e. The van der Waals surface area contributed by atoms with Crippen molar-refractivity contribution < 1.29 is 4.79 Å². The van der Waals surface area contributed by atoms with Gasteiger partial charge in [-0.05, 0) is 55.9 Å². The van der Waals surface area contributed by atoms with Crippen molar-refractivity contribution >= 4 is 23.3 Å². The van der Waals surface area contributed by atoms with Crippen molar-refractivity contribution in [3.63, 3.8) is 0 Å². The Morgan fingerprint density at radius 3 is 1.94 bits per heavy atom. The predicted molar refractivity (Wildman–Crippen MR) is 131 cm³/mol.